The summed E-state index contributed by atoms with van der Waals surface area (Å²) in [6.45, 7) is 4.38. The van der Waals surface area contributed by atoms with Gasteiger partial charge in [-0.05, 0) is 24.6 Å². The normalized spacial score (nSPS) is 15.0. The number of rotatable bonds is 4. The fourth-order valence-electron chi connectivity index (χ4n) is 2.95. The SMILES string of the molecule is CCc1cc(CC(=O)N2CCN(c3ncccc3F)CC2)n(C)n1. The molecule has 0 aliphatic carbocycles. The maximum atomic E-state index is 13.8. The van der Waals surface area contributed by atoms with E-state index in [2.05, 4.69) is 10.1 Å². The van der Waals surface area contributed by atoms with Gasteiger partial charge < -0.3 is 9.80 Å². The van der Waals surface area contributed by atoms with E-state index < -0.39 is 0 Å². The Morgan fingerprint density at radius 3 is 2.67 bits per heavy atom. The predicted octanol–water partition coefficient (Wildman–Crippen LogP) is 1.41. The van der Waals surface area contributed by atoms with Crippen molar-refractivity contribution in [2.75, 3.05) is 31.1 Å². The standard InChI is InChI=1S/C17H22FN5O/c1-3-13-11-14(21(2)20-13)12-16(24)22-7-9-23(10-8-22)17-15(18)5-4-6-19-17/h4-6,11H,3,7-10,12H2,1-2H3. The number of aromatic nitrogens is 3. The number of anilines is 1. The van der Waals surface area contributed by atoms with Crippen LogP contribution in [0.2, 0.25) is 0 Å². The number of nitrogens with zero attached hydrogens (tertiary/aromatic N) is 5. The molecule has 0 atom stereocenters. The minimum absolute atomic E-state index is 0.0850. The number of carbonyl (C=O) groups is 1. The van der Waals surface area contributed by atoms with E-state index in [0.717, 1.165) is 17.8 Å². The van der Waals surface area contributed by atoms with Crippen molar-refractivity contribution < 1.29 is 9.18 Å². The van der Waals surface area contributed by atoms with Gasteiger partial charge in [-0.1, -0.05) is 6.92 Å². The fraction of sp³-hybridized carbons (Fsp3) is 0.471. The summed E-state index contributed by atoms with van der Waals surface area (Å²) in [6, 6.07) is 4.97. The lowest BCUT2D eigenvalue weighted by atomic mass is 10.2. The molecule has 0 unspecified atom stereocenters. The molecule has 0 aromatic carbocycles. The van der Waals surface area contributed by atoms with E-state index >= 15 is 0 Å². The molecular formula is C17H22FN5O. The Bertz CT molecular complexity index is 722. The summed E-state index contributed by atoms with van der Waals surface area (Å²) in [4.78, 5) is 20.3. The number of aryl methyl sites for hydroxylation is 2. The van der Waals surface area contributed by atoms with Crippen LogP contribution in [0.25, 0.3) is 0 Å². The average Bonchev–Trinajstić information content (AvgIpc) is 2.95. The Kier molecular flexibility index (Phi) is 4.78. The molecule has 3 heterocycles. The zero-order valence-electron chi connectivity index (χ0n) is 14.1. The van der Waals surface area contributed by atoms with Crippen molar-refractivity contribution in [2.24, 2.45) is 7.05 Å². The van der Waals surface area contributed by atoms with Crippen molar-refractivity contribution in [3.8, 4) is 0 Å². The largest absolute Gasteiger partial charge is 0.351 e. The summed E-state index contributed by atoms with van der Waals surface area (Å²) < 4.78 is 15.6. The van der Waals surface area contributed by atoms with Crippen LogP contribution < -0.4 is 4.90 Å². The first kappa shape index (κ1) is 16.4. The van der Waals surface area contributed by atoms with Crippen LogP contribution in [0.15, 0.2) is 24.4 Å². The second kappa shape index (κ2) is 6.98. The Labute approximate surface area is 140 Å². The second-order valence-electron chi connectivity index (χ2n) is 5.96. The highest BCUT2D eigenvalue weighted by atomic mass is 19.1. The van der Waals surface area contributed by atoms with Gasteiger partial charge in [-0.15, -0.1) is 0 Å². The molecule has 0 N–H and O–H groups in total. The number of piperazine rings is 1. The summed E-state index contributed by atoms with van der Waals surface area (Å²) in [5, 5.41) is 4.38. The van der Waals surface area contributed by atoms with Gasteiger partial charge >= 0.3 is 0 Å². The first-order valence-corrected chi connectivity index (χ1v) is 8.23. The molecule has 0 spiro atoms. The van der Waals surface area contributed by atoms with Gasteiger partial charge in [0.2, 0.25) is 5.91 Å². The molecule has 0 bridgehead atoms. The van der Waals surface area contributed by atoms with Gasteiger partial charge in [0.05, 0.1) is 12.1 Å². The summed E-state index contributed by atoms with van der Waals surface area (Å²) in [7, 11) is 1.86. The number of amides is 1. The third-order valence-electron chi connectivity index (χ3n) is 4.39. The molecule has 2 aromatic heterocycles. The van der Waals surface area contributed by atoms with E-state index in [1.807, 2.05) is 29.8 Å². The fourth-order valence-corrected chi connectivity index (χ4v) is 2.95. The van der Waals surface area contributed by atoms with E-state index in [4.69, 9.17) is 0 Å². The summed E-state index contributed by atoms with van der Waals surface area (Å²) in [5.74, 6) is 0.130. The van der Waals surface area contributed by atoms with Gasteiger partial charge in [-0.3, -0.25) is 9.48 Å². The van der Waals surface area contributed by atoms with Crippen molar-refractivity contribution in [3.63, 3.8) is 0 Å². The average molecular weight is 331 g/mol. The molecule has 1 aliphatic heterocycles. The van der Waals surface area contributed by atoms with Crippen molar-refractivity contribution in [1.29, 1.82) is 0 Å². The van der Waals surface area contributed by atoms with E-state index in [9.17, 15) is 9.18 Å². The molecule has 24 heavy (non-hydrogen) atoms. The first-order valence-electron chi connectivity index (χ1n) is 8.23. The Morgan fingerprint density at radius 2 is 2.04 bits per heavy atom. The van der Waals surface area contributed by atoms with Gasteiger partial charge in [0.15, 0.2) is 11.6 Å². The van der Waals surface area contributed by atoms with Crippen LogP contribution in [0.5, 0.6) is 0 Å². The maximum absolute atomic E-state index is 13.8. The first-order chi connectivity index (χ1) is 11.6. The van der Waals surface area contributed by atoms with E-state index in [1.54, 1.807) is 16.9 Å². The quantitative estimate of drug-likeness (QED) is 0.850. The van der Waals surface area contributed by atoms with E-state index in [-0.39, 0.29) is 11.7 Å². The lowest BCUT2D eigenvalue weighted by molar-refractivity contribution is -0.130. The third kappa shape index (κ3) is 3.39. The van der Waals surface area contributed by atoms with Gasteiger partial charge in [0.1, 0.15) is 0 Å². The van der Waals surface area contributed by atoms with Crippen LogP contribution in [-0.4, -0.2) is 51.8 Å². The number of carbonyl (C=O) groups excluding carboxylic acids is 1. The molecule has 0 saturated carbocycles. The molecular weight excluding hydrogens is 309 g/mol. The predicted molar refractivity (Wildman–Crippen MR) is 89.3 cm³/mol. The molecule has 1 amide bonds. The minimum Gasteiger partial charge on any atom is -0.351 e. The molecule has 7 heteroatoms. The number of hydrogen-bond donors (Lipinski definition) is 0. The highest BCUT2D eigenvalue weighted by molar-refractivity contribution is 5.78. The zero-order valence-corrected chi connectivity index (χ0v) is 14.1. The van der Waals surface area contributed by atoms with Crippen LogP contribution >= 0.6 is 0 Å². The molecule has 2 aromatic rings. The molecule has 1 saturated heterocycles. The smallest absolute Gasteiger partial charge is 0.228 e. The highest BCUT2D eigenvalue weighted by Crippen LogP contribution is 2.17. The highest BCUT2D eigenvalue weighted by Gasteiger charge is 2.24. The van der Waals surface area contributed by atoms with Gasteiger partial charge in [-0.2, -0.15) is 5.10 Å². The Morgan fingerprint density at radius 1 is 1.29 bits per heavy atom. The molecule has 1 aliphatic rings. The maximum Gasteiger partial charge on any atom is 0.228 e. The topological polar surface area (TPSA) is 54.3 Å². The monoisotopic (exact) mass is 331 g/mol. The summed E-state index contributed by atoms with van der Waals surface area (Å²) in [6.07, 6.45) is 2.79. The Hall–Kier alpha value is -2.44. The van der Waals surface area contributed by atoms with Crippen molar-refractivity contribution >= 4 is 11.7 Å². The van der Waals surface area contributed by atoms with Crippen LogP contribution in [-0.2, 0) is 24.7 Å². The molecule has 6 nitrogen and oxygen atoms in total. The van der Waals surface area contributed by atoms with Crippen molar-refractivity contribution in [2.45, 2.75) is 19.8 Å². The van der Waals surface area contributed by atoms with Gasteiger partial charge in [0, 0.05) is 45.1 Å². The van der Waals surface area contributed by atoms with Crippen molar-refractivity contribution in [1.82, 2.24) is 19.7 Å². The Balaban J connectivity index is 1.59. The third-order valence-corrected chi connectivity index (χ3v) is 4.39. The summed E-state index contributed by atoms with van der Waals surface area (Å²) >= 11 is 0. The van der Waals surface area contributed by atoms with Crippen molar-refractivity contribution in [3.05, 3.63) is 41.6 Å². The van der Waals surface area contributed by atoms with Gasteiger partial charge in [0.25, 0.3) is 0 Å². The van der Waals surface area contributed by atoms with Crippen LogP contribution in [0, 0.1) is 5.82 Å². The van der Waals surface area contributed by atoms with Crippen LogP contribution in [0.3, 0.4) is 0 Å². The molecule has 1 fully saturated rings. The number of hydrogen-bond acceptors (Lipinski definition) is 4. The molecule has 3 rings (SSSR count). The minimum atomic E-state index is -0.320. The second-order valence-corrected chi connectivity index (χ2v) is 5.96. The zero-order chi connectivity index (χ0) is 17.1. The van der Waals surface area contributed by atoms with Crippen LogP contribution in [0.4, 0.5) is 10.2 Å². The van der Waals surface area contributed by atoms with Gasteiger partial charge in [-0.25, -0.2) is 9.37 Å². The number of pyridine rings is 1. The van der Waals surface area contributed by atoms with E-state index in [1.165, 1.54) is 6.07 Å². The molecule has 0 radical (unpaired) electrons. The molecule has 128 valence electrons. The van der Waals surface area contributed by atoms with Crippen LogP contribution in [0.1, 0.15) is 18.3 Å². The lowest BCUT2D eigenvalue weighted by Gasteiger charge is -2.35. The van der Waals surface area contributed by atoms with E-state index in [0.29, 0.717) is 38.4 Å². The number of halogens is 1. The summed E-state index contributed by atoms with van der Waals surface area (Å²) in [5.41, 5.74) is 1.92. The lowest BCUT2D eigenvalue weighted by Crippen LogP contribution is -2.49.